The fourth-order valence-corrected chi connectivity index (χ4v) is 4.17. The van der Waals surface area contributed by atoms with E-state index in [1.54, 1.807) is 18.2 Å². The minimum Gasteiger partial charge on any atom is -0.486 e. The molecule has 5 nitrogen and oxygen atoms in total. The molecule has 1 aromatic heterocycles. The van der Waals surface area contributed by atoms with E-state index in [1.165, 1.54) is 5.56 Å². The first-order chi connectivity index (χ1) is 15.5. The maximum absolute atomic E-state index is 12.9. The molecule has 0 bridgehead atoms. The van der Waals surface area contributed by atoms with Crippen LogP contribution in [0.5, 0.6) is 5.75 Å². The second kappa shape index (κ2) is 10.4. The number of amides is 1. The maximum atomic E-state index is 12.9. The Bertz CT molecular complexity index is 1060. The van der Waals surface area contributed by atoms with Crippen molar-refractivity contribution in [2.45, 2.75) is 26.5 Å². The van der Waals surface area contributed by atoms with Gasteiger partial charge in [-0.3, -0.25) is 9.69 Å². The molecular weight excluding hydrogens is 447 g/mol. The summed E-state index contributed by atoms with van der Waals surface area (Å²) < 4.78 is 11.5. The van der Waals surface area contributed by atoms with E-state index in [0.29, 0.717) is 34.7 Å². The van der Waals surface area contributed by atoms with E-state index >= 15 is 0 Å². The molecule has 1 amide bonds. The van der Waals surface area contributed by atoms with Gasteiger partial charge in [-0.25, -0.2) is 0 Å². The number of hydrogen-bond donors (Lipinski definition) is 0. The number of carbonyl (C=O) groups excluding carboxylic acids is 1. The number of carbonyl (C=O) groups is 1. The van der Waals surface area contributed by atoms with Crippen LogP contribution < -0.4 is 4.74 Å². The number of rotatable bonds is 7. The van der Waals surface area contributed by atoms with Crippen LogP contribution in [0.3, 0.4) is 0 Å². The summed E-state index contributed by atoms with van der Waals surface area (Å²) in [6.45, 7) is 5.96. The smallest absolute Gasteiger partial charge is 0.289 e. The van der Waals surface area contributed by atoms with E-state index in [-0.39, 0.29) is 12.5 Å². The van der Waals surface area contributed by atoms with Gasteiger partial charge in [-0.2, -0.15) is 0 Å². The van der Waals surface area contributed by atoms with Crippen molar-refractivity contribution in [1.29, 1.82) is 0 Å². The summed E-state index contributed by atoms with van der Waals surface area (Å²) >= 11 is 12.3. The van der Waals surface area contributed by atoms with Crippen molar-refractivity contribution in [3.8, 4) is 5.75 Å². The average molecular weight is 473 g/mol. The Kier molecular flexibility index (Phi) is 7.40. The Morgan fingerprint density at radius 1 is 1.00 bits per heavy atom. The van der Waals surface area contributed by atoms with Gasteiger partial charge in [0.25, 0.3) is 5.91 Å². The predicted molar refractivity (Wildman–Crippen MR) is 127 cm³/mol. The monoisotopic (exact) mass is 472 g/mol. The topological polar surface area (TPSA) is 45.9 Å². The lowest BCUT2D eigenvalue weighted by Gasteiger charge is -2.34. The quantitative estimate of drug-likeness (QED) is 0.443. The van der Waals surface area contributed by atoms with Crippen LogP contribution in [0.2, 0.25) is 10.0 Å². The van der Waals surface area contributed by atoms with Crippen LogP contribution in [-0.4, -0.2) is 41.9 Å². The van der Waals surface area contributed by atoms with Gasteiger partial charge >= 0.3 is 0 Å². The second-order valence-corrected chi connectivity index (χ2v) is 8.70. The number of benzene rings is 2. The molecule has 7 heteroatoms. The lowest BCUT2D eigenvalue weighted by Crippen LogP contribution is -2.48. The third-order valence-electron chi connectivity index (χ3n) is 5.65. The van der Waals surface area contributed by atoms with Gasteiger partial charge in [-0.15, -0.1) is 0 Å². The molecule has 1 aliphatic heterocycles. The highest BCUT2D eigenvalue weighted by Crippen LogP contribution is 2.23. The first-order valence-electron chi connectivity index (χ1n) is 10.8. The number of nitrogens with zero attached hydrogens (tertiary/aromatic N) is 2. The van der Waals surface area contributed by atoms with Crippen molar-refractivity contribution in [3.63, 3.8) is 0 Å². The Morgan fingerprint density at radius 2 is 1.75 bits per heavy atom. The summed E-state index contributed by atoms with van der Waals surface area (Å²) in [5.74, 6) is 1.67. The molecule has 1 fully saturated rings. The van der Waals surface area contributed by atoms with Crippen molar-refractivity contribution in [3.05, 3.63) is 87.3 Å². The van der Waals surface area contributed by atoms with Crippen LogP contribution in [0, 0.1) is 0 Å². The van der Waals surface area contributed by atoms with Gasteiger partial charge in [0.15, 0.2) is 5.76 Å². The normalized spacial score (nSPS) is 14.5. The van der Waals surface area contributed by atoms with E-state index in [9.17, 15) is 4.79 Å². The van der Waals surface area contributed by atoms with Gasteiger partial charge < -0.3 is 14.1 Å². The van der Waals surface area contributed by atoms with Crippen molar-refractivity contribution in [2.24, 2.45) is 0 Å². The van der Waals surface area contributed by atoms with E-state index < -0.39 is 0 Å². The standard InChI is InChI=1S/C25H26Cl2N2O3/c1-2-18-3-7-21(8-4-18)31-17-22-9-10-24(32-22)25(30)29-13-11-28(12-14-29)16-19-5-6-20(26)15-23(19)27/h3-10,15H,2,11-14,16-17H2,1H3. The summed E-state index contributed by atoms with van der Waals surface area (Å²) in [4.78, 5) is 17.0. The molecule has 0 aliphatic carbocycles. The summed E-state index contributed by atoms with van der Waals surface area (Å²) in [7, 11) is 0. The summed E-state index contributed by atoms with van der Waals surface area (Å²) in [6.07, 6.45) is 0.993. The molecular formula is C25H26Cl2N2O3. The van der Waals surface area contributed by atoms with Crippen molar-refractivity contribution >= 4 is 29.1 Å². The van der Waals surface area contributed by atoms with E-state index in [2.05, 4.69) is 11.8 Å². The van der Waals surface area contributed by atoms with Gasteiger partial charge in [0.1, 0.15) is 18.1 Å². The number of aryl methyl sites for hydroxylation is 1. The number of halogens is 2. The van der Waals surface area contributed by atoms with Gasteiger partial charge in [0, 0.05) is 42.8 Å². The zero-order valence-electron chi connectivity index (χ0n) is 18.0. The average Bonchev–Trinajstić information content (AvgIpc) is 3.29. The SMILES string of the molecule is CCc1ccc(OCc2ccc(C(=O)N3CCN(Cc4ccc(Cl)cc4Cl)CC3)o2)cc1. The molecule has 32 heavy (non-hydrogen) atoms. The largest absolute Gasteiger partial charge is 0.486 e. The molecule has 0 spiro atoms. The molecule has 4 rings (SSSR count). The highest BCUT2D eigenvalue weighted by Gasteiger charge is 2.24. The lowest BCUT2D eigenvalue weighted by atomic mass is 10.2. The molecule has 0 radical (unpaired) electrons. The molecule has 168 valence electrons. The minimum absolute atomic E-state index is 0.0901. The zero-order chi connectivity index (χ0) is 22.5. The highest BCUT2D eigenvalue weighted by molar-refractivity contribution is 6.35. The van der Waals surface area contributed by atoms with Gasteiger partial charge in [0.2, 0.25) is 0 Å². The number of furan rings is 1. The third kappa shape index (κ3) is 5.66. The lowest BCUT2D eigenvalue weighted by molar-refractivity contribution is 0.0594. The molecule has 1 saturated heterocycles. The number of ether oxygens (including phenoxy) is 1. The van der Waals surface area contributed by atoms with Crippen molar-refractivity contribution in [1.82, 2.24) is 9.80 Å². The van der Waals surface area contributed by atoms with Crippen LogP contribution in [-0.2, 0) is 19.6 Å². The predicted octanol–water partition coefficient (Wildman–Crippen LogP) is 5.69. The maximum Gasteiger partial charge on any atom is 0.289 e. The first kappa shape index (κ1) is 22.7. The van der Waals surface area contributed by atoms with Crippen LogP contribution >= 0.6 is 23.2 Å². The highest BCUT2D eigenvalue weighted by atomic mass is 35.5. The first-order valence-corrected chi connectivity index (χ1v) is 11.5. The van der Waals surface area contributed by atoms with Crippen LogP contribution in [0.1, 0.15) is 34.4 Å². The summed E-state index contributed by atoms with van der Waals surface area (Å²) in [5, 5.41) is 1.30. The third-order valence-corrected chi connectivity index (χ3v) is 6.24. The molecule has 2 heterocycles. The molecule has 0 atom stereocenters. The molecule has 1 aliphatic rings. The van der Waals surface area contributed by atoms with Crippen LogP contribution in [0.25, 0.3) is 0 Å². The minimum atomic E-state index is -0.0901. The summed E-state index contributed by atoms with van der Waals surface area (Å²) in [6, 6.07) is 17.1. The van der Waals surface area contributed by atoms with Crippen LogP contribution in [0.15, 0.2) is 59.0 Å². The van der Waals surface area contributed by atoms with Crippen molar-refractivity contribution in [2.75, 3.05) is 26.2 Å². The Balaban J connectivity index is 1.27. The fourth-order valence-electron chi connectivity index (χ4n) is 3.70. The van der Waals surface area contributed by atoms with Crippen molar-refractivity contribution < 1.29 is 13.9 Å². The number of hydrogen-bond acceptors (Lipinski definition) is 4. The Hall–Kier alpha value is -2.47. The molecule has 3 aromatic rings. The van der Waals surface area contributed by atoms with Gasteiger partial charge in [-0.1, -0.05) is 48.3 Å². The van der Waals surface area contributed by atoms with E-state index in [0.717, 1.165) is 37.4 Å². The molecule has 0 unspecified atom stereocenters. The van der Waals surface area contributed by atoms with Gasteiger partial charge in [0.05, 0.1) is 0 Å². The zero-order valence-corrected chi connectivity index (χ0v) is 19.5. The Morgan fingerprint density at radius 3 is 2.44 bits per heavy atom. The molecule has 0 N–H and O–H groups in total. The van der Waals surface area contributed by atoms with E-state index in [1.807, 2.05) is 41.3 Å². The fraction of sp³-hybridized carbons (Fsp3) is 0.320. The van der Waals surface area contributed by atoms with E-state index in [4.69, 9.17) is 32.4 Å². The molecule has 2 aromatic carbocycles. The Labute approximate surface area is 198 Å². The van der Waals surface area contributed by atoms with Gasteiger partial charge in [-0.05, 0) is 53.9 Å². The second-order valence-electron chi connectivity index (χ2n) is 7.86. The van der Waals surface area contributed by atoms with Crippen LogP contribution in [0.4, 0.5) is 0 Å². The molecule has 0 saturated carbocycles. The number of piperazine rings is 1. The summed E-state index contributed by atoms with van der Waals surface area (Å²) in [5.41, 5.74) is 2.30.